The Labute approximate surface area is 144 Å². The minimum Gasteiger partial charge on any atom is -0.490 e. The van der Waals surface area contributed by atoms with Gasteiger partial charge in [-0.25, -0.2) is 4.98 Å². The molecule has 1 aromatic heterocycles. The fourth-order valence-corrected chi connectivity index (χ4v) is 3.10. The fraction of sp³-hybridized carbons (Fsp3) is 0.158. The van der Waals surface area contributed by atoms with E-state index in [0.29, 0.717) is 19.6 Å². The Bertz CT molecular complexity index is 857. The molecule has 3 rings (SSSR count). The summed E-state index contributed by atoms with van der Waals surface area (Å²) in [5, 5.41) is 2.96. The molecule has 24 heavy (non-hydrogen) atoms. The smallest absolute Gasteiger partial charge is 0.224 e. The second kappa shape index (κ2) is 7.75. The van der Waals surface area contributed by atoms with Crippen LogP contribution in [-0.2, 0) is 17.8 Å². The minimum atomic E-state index is -0.0136. The van der Waals surface area contributed by atoms with Gasteiger partial charge in [-0.3, -0.25) is 4.79 Å². The standard InChI is InChI=1S/C19H18N2O2S/c1-2-8-23-16-5-3-4-14(9-16)11-19(22)20-12-15-6-7-17-18(10-15)24-13-21-17/h2-7,9-10,13H,1,8,11-12H2,(H,20,22). The number of nitrogens with zero attached hydrogens (tertiary/aromatic N) is 1. The van der Waals surface area contributed by atoms with Crippen LogP contribution in [0.5, 0.6) is 5.75 Å². The lowest BCUT2D eigenvalue weighted by Crippen LogP contribution is -2.24. The summed E-state index contributed by atoms with van der Waals surface area (Å²) in [6.07, 6.45) is 2.02. The highest BCUT2D eigenvalue weighted by molar-refractivity contribution is 7.16. The molecule has 0 aliphatic rings. The molecule has 0 radical (unpaired) electrons. The highest BCUT2D eigenvalue weighted by Crippen LogP contribution is 2.19. The summed E-state index contributed by atoms with van der Waals surface area (Å²) in [5.41, 5.74) is 4.82. The number of amides is 1. The normalized spacial score (nSPS) is 10.5. The number of rotatable bonds is 7. The van der Waals surface area contributed by atoms with E-state index in [1.165, 1.54) is 0 Å². The zero-order valence-electron chi connectivity index (χ0n) is 13.2. The molecule has 3 aromatic rings. The number of carbonyl (C=O) groups is 1. The summed E-state index contributed by atoms with van der Waals surface area (Å²) in [7, 11) is 0. The molecule has 0 fully saturated rings. The Morgan fingerprint density at radius 1 is 1.25 bits per heavy atom. The first-order chi connectivity index (χ1) is 11.7. The molecule has 0 saturated heterocycles. The molecule has 0 unspecified atom stereocenters. The van der Waals surface area contributed by atoms with E-state index >= 15 is 0 Å². The molecule has 0 spiro atoms. The molecule has 0 atom stereocenters. The van der Waals surface area contributed by atoms with E-state index in [1.54, 1.807) is 17.4 Å². The van der Waals surface area contributed by atoms with E-state index in [1.807, 2.05) is 41.9 Å². The first kappa shape index (κ1) is 16.2. The number of fused-ring (bicyclic) bond motifs is 1. The second-order valence-electron chi connectivity index (χ2n) is 5.36. The van der Waals surface area contributed by atoms with Gasteiger partial charge in [0.05, 0.1) is 22.1 Å². The van der Waals surface area contributed by atoms with Crippen molar-refractivity contribution in [2.45, 2.75) is 13.0 Å². The molecular formula is C19H18N2O2S. The largest absolute Gasteiger partial charge is 0.490 e. The van der Waals surface area contributed by atoms with Gasteiger partial charge in [-0.1, -0.05) is 30.9 Å². The van der Waals surface area contributed by atoms with Crippen molar-refractivity contribution in [3.8, 4) is 5.75 Å². The molecular weight excluding hydrogens is 320 g/mol. The Morgan fingerprint density at radius 3 is 3.04 bits per heavy atom. The molecule has 122 valence electrons. The third-order valence-corrected chi connectivity index (χ3v) is 4.31. The monoisotopic (exact) mass is 338 g/mol. The number of carbonyl (C=O) groups excluding carboxylic acids is 1. The van der Waals surface area contributed by atoms with Crippen LogP contribution in [0.1, 0.15) is 11.1 Å². The predicted molar refractivity (Wildman–Crippen MR) is 97.3 cm³/mol. The van der Waals surface area contributed by atoms with Crippen LogP contribution < -0.4 is 10.1 Å². The molecule has 0 bridgehead atoms. The molecule has 1 N–H and O–H groups in total. The van der Waals surface area contributed by atoms with Crippen molar-refractivity contribution < 1.29 is 9.53 Å². The van der Waals surface area contributed by atoms with Crippen LogP contribution in [0.25, 0.3) is 10.2 Å². The van der Waals surface area contributed by atoms with Crippen molar-refractivity contribution in [3.63, 3.8) is 0 Å². The van der Waals surface area contributed by atoms with Crippen molar-refractivity contribution in [2.24, 2.45) is 0 Å². The Morgan fingerprint density at radius 2 is 2.17 bits per heavy atom. The SMILES string of the molecule is C=CCOc1cccc(CC(=O)NCc2ccc3ncsc3c2)c1. The summed E-state index contributed by atoms with van der Waals surface area (Å²) in [6.45, 7) is 4.59. The summed E-state index contributed by atoms with van der Waals surface area (Å²) >= 11 is 1.60. The van der Waals surface area contributed by atoms with Crippen LogP contribution in [0.3, 0.4) is 0 Å². The third kappa shape index (κ3) is 4.20. The molecule has 0 aliphatic heterocycles. The zero-order valence-corrected chi connectivity index (χ0v) is 14.0. The summed E-state index contributed by atoms with van der Waals surface area (Å²) < 4.78 is 6.62. The van der Waals surface area contributed by atoms with E-state index in [0.717, 1.165) is 27.1 Å². The zero-order chi connectivity index (χ0) is 16.8. The lowest BCUT2D eigenvalue weighted by Gasteiger charge is -2.08. The molecule has 4 nitrogen and oxygen atoms in total. The van der Waals surface area contributed by atoms with Crippen LogP contribution in [-0.4, -0.2) is 17.5 Å². The van der Waals surface area contributed by atoms with Gasteiger partial charge in [0.15, 0.2) is 0 Å². The van der Waals surface area contributed by atoms with Crippen molar-refractivity contribution in [3.05, 3.63) is 71.8 Å². The van der Waals surface area contributed by atoms with Gasteiger partial charge in [-0.15, -0.1) is 11.3 Å². The van der Waals surface area contributed by atoms with Crippen molar-refractivity contribution in [2.75, 3.05) is 6.61 Å². The maximum Gasteiger partial charge on any atom is 0.224 e. The van der Waals surface area contributed by atoms with Gasteiger partial charge in [0.2, 0.25) is 5.91 Å². The lowest BCUT2D eigenvalue weighted by molar-refractivity contribution is -0.120. The van der Waals surface area contributed by atoms with Crippen LogP contribution in [0.4, 0.5) is 0 Å². The van der Waals surface area contributed by atoms with Crippen LogP contribution in [0.2, 0.25) is 0 Å². The van der Waals surface area contributed by atoms with Crippen LogP contribution in [0.15, 0.2) is 60.6 Å². The van der Waals surface area contributed by atoms with E-state index in [9.17, 15) is 4.79 Å². The lowest BCUT2D eigenvalue weighted by atomic mass is 10.1. The highest BCUT2D eigenvalue weighted by Gasteiger charge is 2.05. The number of nitrogens with one attached hydrogen (secondary N) is 1. The Kier molecular flexibility index (Phi) is 5.23. The predicted octanol–water partition coefficient (Wildman–Crippen LogP) is 3.72. The topological polar surface area (TPSA) is 51.2 Å². The molecule has 1 heterocycles. The summed E-state index contributed by atoms with van der Waals surface area (Å²) in [6, 6.07) is 13.6. The fourth-order valence-electron chi connectivity index (χ4n) is 2.36. The minimum absolute atomic E-state index is 0.0136. The first-order valence-electron chi connectivity index (χ1n) is 7.66. The molecule has 0 aliphatic carbocycles. The maximum atomic E-state index is 12.1. The third-order valence-electron chi connectivity index (χ3n) is 3.52. The van der Waals surface area contributed by atoms with E-state index in [4.69, 9.17) is 4.74 Å². The number of hydrogen-bond donors (Lipinski definition) is 1. The van der Waals surface area contributed by atoms with Gasteiger partial charge in [0.25, 0.3) is 0 Å². The number of thiazole rings is 1. The van der Waals surface area contributed by atoms with Gasteiger partial charge >= 0.3 is 0 Å². The van der Waals surface area contributed by atoms with E-state index < -0.39 is 0 Å². The molecule has 1 amide bonds. The van der Waals surface area contributed by atoms with Crippen molar-refractivity contribution in [1.82, 2.24) is 10.3 Å². The van der Waals surface area contributed by atoms with Gasteiger partial charge in [0.1, 0.15) is 12.4 Å². The number of hydrogen-bond acceptors (Lipinski definition) is 4. The maximum absolute atomic E-state index is 12.1. The van der Waals surface area contributed by atoms with Gasteiger partial charge in [-0.05, 0) is 35.4 Å². The van der Waals surface area contributed by atoms with Crippen LogP contribution >= 0.6 is 11.3 Å². The number of ether oxygens (including phenoxy) is 1. The van der Waals surface area contributed by atoms with Gasteiger partial charge in [-0.2, -0.15) is 0 Å². The quantitative estimate of drug-likeness (QED) is 0.668. The Balaban J connectivity index is 1.56. The average molecular weight is 338 g/mol. The van der Waals surface area contributed by atoms with Gasteiger partial charge < -0.3 is 10.1 Å². The highest BCUT2D eigenvalue weighted by atomic mass is 32.1. The molecule has 0 saturated carbocycles. The number of aromatic nitrogens is 1. The van der Waals surface area contributed by atoms with Crippen LogP contribution in [0, 0.1) is 0 Å². The average Bonchev–Trinajstić information content (AvgIpc) is 3.06. The second-order valence-corrected chi connectivity index (χ2v) is 6.24. The van der Waals surface area contributed by atoms with Gasteiger partial charge in [0, 0.05) is 6.54 Å². The first-order valence-corrected chi connectivity index (χ1v) is 8.54. The molecule has 5 heteroatoms. The van der Waals surface area contributed by atoms with Crippen molar-refractivity contribution in [1.29, 1.82) is 0 Å². The molecule has 2 aromatic carbocycles. The van der Waals surface area contributed by atoms with E-state index in [2.05, 4.69) is 22.9 Å². The Hall–Kier alpha value is -2.66. The van der Waals surface area contributed by atoms with Crippen molar-refractivity contribution >= 4 is 27.5 Å². The number of benzene rings is 2. The summed E-state index contributed by atoms with van der Waals surface area (Å²) in [4.78, 5) is 16.4. The van der Waals surface area contributed by atoms with E-state index in [-0.39, 0.29) is 5.91 Å². The summed E-state index contributed by atoms with van der Waals surface area (Å²) in [5.74, 6) is 0.733.